The van der Waals surface area contributed by atoms with Crippen LogP contribution in [0.2, 0.25) is 0 Å². The van der Waals surface area contributed by atoms with Crippen molar-refractivity contribution in [3.63, 3.8) is 0 Å². The molecule has 2 aromatic carbocycles. The van der Waals surface area contributed by atoms with Gasteiger partial charge in [0.1, 0.15) is 0 Å². The van der Waals surface area contributed by atoms with Crippen molar-refractivity contribution in [3.05, 3.63) is 70.6 Å². The first-order valence-corrected chi connectivity index (χ1v) is 8.74. The van der Waals surface area contributed by atoms with E-state index >= 15 is 0 Å². The second-order valence-electron chi connectivity index (χ2n) is 6.58. The summed E-state index contributed by atoms with van der Waals surface area (Å²) in [5.41, 5.74) is 1.39. The van der Waals surface area contributed by atoms with Crippen LogP contribution in [0.5, 0.6) is 0 Å². The van der Waals surface area contributed by atoms with Crippen molar-refractivity contribution in [2.24, 2.45) is 5.41 Å². The number of allylic oxidation sites excluding steroid dienone is 1. The fourth-order valence-electron chi connectivity index (χ4n) is 2.06. The van der Waals surface area contributed by atoms with Crippen LogP contribution in [0.3, 0.4) is 0 Å². The Labute approximate surface area is 140 Å². The summed E-state index contributed by atoms with van der Waals surface area (Å²) in [6.07, 6.45) is 1.74. The molecule has 0 spiro atoms. The Balaban J connectivity index is 2.49. The van der Waals surface area contributed by atoms with Crippen molar-refractivity contribution in [3.8, 4) is 0 Å². The second kappa shape index (κ2) is 7.05. The van der Waals surface area contributed by atoms with Gasteiger partial charge < -0.3 is 0 Å². The van der Waals surface area contributed by atoms with E-state index in [1.807, 2.05) is 82.3 Å². The highest BCUT2D eigenvalue weighted by Gasteiger charge is 2.29. The zero-order valence-electron chi connectivity index (χ0n) is 14.0. The Hall–Kier alpha value is -2.00. The van der Waals surface area contributed by atoms with Gasteiger partial charge in [-0.1, -0.05) is 68.8 Å². The van der Waals surface area contributed by atoms with E-state index in [9.17, 15) is 9.00 Å². The summed E-state index contributed by atoms with van der Waals surface area (Å²) in [7, 11) is -1.49. The first kappa shape index (κ1) is 17.4. The van der Waals surface area contributed by atoms with E-state index < -0.39 is 16.2 Å². The molecule has 0 aliphatic carbocycles. The van der Waals surface area contributed by atoms with Crippen molar-refractivity contribution in [2.45, 2.75) is 32.6 Å². The van der Waals surface area contributed by atoms with Gasteiger partial charge in [-0.05, 0) is 30.7 Å². The molecular weight excluding hydrogens is 304 g/mol. The van der Waals surface area contributed by atoms with E-state index in [0.717, 1.165) is 11.1 Å². The maximum Gasteiger partial charge on any atom is 0.177 e. The summed E-state index contributed by atoms with van der Waals surface area (Å²) in [6.45, 7) is 7.52. The minimum Gasteiger partial charge on any atom is -0.293 e. The number of aryl methyl sites for hydroxylation is 1. The van der Waals surface area contributed by atoms with Crippen LogP contribution >= 0.6 is 0 Å². The van der Waals surface area contributed by atoms with E-state index in [-0.39, 0.29) is 5.78 Å². The molecule has 0 saturated heterocycles. The number of hydrogen-bond acceptors (Lipinski definition) is 2. The summed E-state index contributed by atoms with van der Waals surface area (Å²) >= 11 is 0. The predicted molar refractivity (Wildman–Crippen MR) is 96.5 cm³/mol. The Kier molecular flexibility index (Phi) is 5.32. The molecule has 0 bridgehead atoms. The molecule has 2 rings (SSSR count). The standard InChI is InChI=1S/C20H22O2S/c1-15-10-12-17(13-11-15)23(22)18(19(21)20(2,3)4)14-16-8-6-5-7-9-16/h5-14H,1-4H3/b18-14+/t23-/m0/s1. The first-order chi connectivity index (χ1) is 10.8. The molecule has 0 amide bonds. The molecule has 0 aliphatic rings. The fourth-order valence-corrected chi connectivity index (χ4v) is 3.42. The lowest BCUT2D eigenvalue weighted by Gasteiger charge is -2.19. The highest BCUT2D eigenvalue weighted by molar-refractivity contribution is 7.90. The average Bonchev–Trinajstić information content (AvgIpc) is 2.52. The minimum atomic E-state index is -1.49. The zero-order valence-corrected chi connectivity index (χ0v) is 14.8. The Morgan fingerprint density at radius 3 is 2.04 bits per heavy atom. The molecule has 2 nitrogen and oxygen atoms in total. The van der Waals surface area contributed by atoms with Gasteiger partial charge >= 0.3 is 0 Å². The van der Waals surface area contributed by atoms with Crippen molar-refractivity contribution in [2.75, 3.05) is 0 Å². The number of carbonyl (C=O) groups is 1. The van der Waals surface area contributed by atoms with E-state index in [1.165, 1.54) is 0 Å². The van der Waals surface area contributed by atoms with Crippen molar-refractivity contribution in [1.29, 1.82) is 0 Å². The molecule has 23 heavy (non-hydrogen) atoms. The lowest BCUT2D eigenvalue weighted by Crippen LogP contribution is -2.24. The second-order valence-corrected chi connectivity index (χ2v) is 8.03. The Morgan fingerprint density at radius 2 is 1.52 bits per heavy atom. The third-order valence-electron chi connectivity index (χ3n) is 3.44. The number of rotatable bonds is 4. The monoisotopic (exact) mass is 326 g/mol. The third-order valence-corrected chi connectivity index (χ3v) is 4.84. The van der Waals surface area contributed by atoms with Crippen LogP contribution < -0.4 is 0 Å². The number of benzene rings is 2. The van der Waals surface area contributed by atoms with Crippen LogP contribution in [0.1, 0.15) is 31.9 Å². The number of ketones is 1. The molecule has 120 valence electrons. The fraction of sp³-hybridized carbons (Fsp3) is 0.250. The van der Waals surface area contributed by atoms with E-state index in [2.05, 4.69) is 0 Å². The van der Waals surface area contributed by atoms with Crippen LogP contribution in [0, 0.1) is 12.3 Å². The van der Waals surface area contributed by atoms with Gasteiger partial charge in [-0.2, -0.15) is 0 Å². The lowest BCUT2D eigenvalue weighted by atomic mass is 9.90. The summed E-state index contributed by atoms with van der Waals surface area (Å²) in [5, 5.41) is 0. The molecule has 0 heterocycles. The van der Waals surface area contributed by atoms with Crippen molar-refractivity contribution < 1.29 is 9.00 Å². The van der Waals surface area contributed by atoms with Crippen LogP contribution in [0.4, 0.5) is 0 Å². The van der Waals surface area contributed by atoms with Crippen LogP contribution in [0.15, 0.2) is 64.4 Å². The molecule has 0 unspecified atom stereocenters. The summed E-state index contributed by atoms with van der Waals surface area (Å²) in [4.78, 5) is 13.8. The molecule has 0 fully saturated rings. The molecular formula is C20H22O2S. The molecule has 2 aromatic rings. The first-order valence-electron chi connectivity index (χ1n) is 7.59. The molecule has 0 saturated carbocycles. The molecule has 0 aromatic heterocycles. The topological polar surface area (TPSA) is 34.1 Å². The largest absolute Gasteiger partial charge is 0.293 e. The number of Topliss-reactive ketones (excluding diaryl/α,β-unsaturated/α-hetero) is 1. The molecule has 0 aliphatic heterocycles. The van der Waals surface area contributed by atoms with E-state index in [0.29, 0.717) is 9.80 Å². The normalized spacial score (nSPS) is 13.7. The molecule has 1 atom stereocenters. The van der Waals surface area contributed by atoms with Crippen molar-refractivity contribution in [1.82, 2.24) is 0 Å². The molecule has 0 N–H and O–H groups in total. The highest BCUT2D eigenvalue weighted by Crippen LogP contribution is 2.27. The SMILES string of the molecule is Cc1ccc([S@](=O)/C(=C/c2ccccc2)C(=O)C(C)(C)C)cc1. The van der Waals surface area contributed by atoms with Gasteiger partial charge in [-0.25, -0.2) is 4.21 Å². The van der Waals surface area contributed by atoms with Gasteiger partial charge in [0.25, 0.3) is 0 Å². The van der Waals surface area contributed by atoms with Gasteiger partial charge in [-0.3, -0.25) is 4.79 Å². The highest BCUT2D eigenvalue weighted by atomic mass is 32.2. The number of carbonyl (C=O) groups excluding carboxylic acids is 1. The zero-order chi connectivity index (χ0) is 17.0. The Bertz CT molecular complexity index is 735. The van der Waals surface area contributed by atoms with Gasteiger partial charge in [0, 0.05) is 10.3 Å². The minimum absolute atomic E-state index is 0.0970. The summed E-state index contributed by atoms with van der Waals surface area (Å²) in [6, 6.07) is 17.0. The maximum absolute atomic E-state index is 13.0. The molecule has 0 radical (unpaired) electrons. The third kappa shape index (κ3) is 4.49. The molecule has 3 heteroatoms. The van der Waals surface area contributed by atoms with Crippen molar-refractivity contribution >= 4 is 22.7 Å². The smallest absolute Gasteiger partial charge is 0.177 e. The summed E-state index contributed by atoms with van der Waals surface area (Å²) < 4.78 is 13.0. The van der Waals surface area contributed by atoms with Gasteiger partial charge in [0.05, 0.1) is 15.7 Å². The summed E-state index contributed by atoms with van der Waals surface area (Å²) in [5.74, 6) is -0.0970. The number of hydrogen-bond donors (Lipinski definition) is 0. The predicted octanol–water partition coefficient (Wildman–Crippen LogP) is 4.76. The van der Waals surface area contributed by atoms with E-state index in [4.69, 9.17) is 0 Å². The Morgan fingerprint density at radius 1 is 0.957 bits per heavy atom. The van der Waals surface area contributed by atoms with Crippen LogP contribution in [-0.2, 0) is 15.6 Å². The van der Waals surface area contributed by atoms with Gasteiger partial charge in [0.15, 0.2) is 5.78 Å². The van der Waals surface area contributed by atoms with Gasteiger partial charge in [-0.15, -0.1) is 0 Å². The van der Waals surface area contributed by atoms with Crippen LogP contribution in [0.25, 0.3) is 6.08 Å². The maximum atomic E-state index is 13.0. The quantitative estimate of drug-likeness (QED) is 0.759. The average molecular weight is 326 g/mol. The van der Waals surface area contributed by atoms with E-state index in [1.54, 1.807) is 6.08 Å². The van der Waals surface area contributed by atoms with Crippen LogP contribution in [-0.4, -0.2) is 9.99 Å². The lowest BCUT2D eigenvalue weighted by molar-refractivity contribution is -0.121. The van der Waals surface area contributed by atoms with Gasteiger partial charge in [0.2, 0.25) is 0 Å².